The number of nitrogens with zero attached hydrogens (tertiary/aromatic N) is 3. The Morgan fingerprint density at radius 3 is 2.76 bits per heavy atom. The Morgan fingerprint density at radius 1 is 1.33 bits per heavy atom. The molecule has 0 unspecified atom stereocenters. The van der Waals surface area contributed by atoms with Crippen LogP contribution < -0.4 is 10.6 Å². The highest BCUT2D eigenvalue weighted by Gasteiger charge is 2.27. The summed E-state index contributed by atoms with van der Waals surface area (Å²) in [5, 5.41) is 0.483. The lowest BCUT2D eigenvalue weighted by molar-refractivity contribution is 0.709. The summed E-state index contributed by atoms with van der Waals surface area (Å²) in [7, 11) is 0. The molecule has 3 rings (SSSR count). The molecule has 110 valence electrons. The molecular formula is C16H19ClN4. The Morgan fingerprint density at radius 2 is 2.10 bits per heavy atom. The van der Waals surface area contributed by atoms with Crippen molar-refractivity contribution in [1.29, 1.82) is 0 Å². The summed E-state index contributed by atoms with van der Waals surface area (Å²) in [5.74, 6) is 0.857. The van der Waals surface area contributed by atoms with Crippen molar-refractivity contribution in [2.24, 2.45) is 5.73 Å². The minimum Gasteiger partial charge on any atom is -0.348 e. The smallest absolute Gasteiger partial charge is 0.152 e. The third-order valence-corrected chi connectivity index (χ3v) is 4.39. The van der Waals surface area contributed by atoms with Crippen molar-refractivity contribution in [3.05, 3.63) is 52.4 Å². The highest BCUT2D eigenvalue weighted by molar-refractivity contribution is 6.30. The lowest BCUT2D eigenvalue weighted by Crippen LogP contribution is -2.24. The Labute approximate surface area is 130 Å². The first-order chi connectivity index (χ1) is 10.2. The van der Waals surface area contributed by atoms with Crippen LogP contribution in [0.4, 0.5) is 5.82 Å². The summed E-state index contributed by atoms with van der Waals surface area (Å²) >= 11 is 6.11. The monoisotopic (exact) mass is 302 g/mol. The number of rotatable bonds is 3. The molecule has 0 bridgehead atoms. The average molecular weight is 303 g/mol. The van der Waals surface area contributed by atoms with Crippen LogP contribution in [0.15, 0.2) is 30.5 Å². The molecule has 0 saturated carbocycles. The van der Waals surface area contributed by atoms with Crippen LogP contribution in [-0.2, 0) is 6.54 Å². The van der Waals surface area contributed by atoms with Gasteiger partial charge in [-0.1, -0.05) is 35.9 Å². The van der Waals surface area contributed by atoms with Crippen molar-refractivity contribution in [2.45, 2.75) is 32.4 Å². The zero-order valence-electron chi connectivity index (χ0n) is 12.1. The van der Waals surface area contributed by atoms with Gasteiger partial charge in [0.15, 0.2) is 5.15 Å². The molecule has 0 radical (unpaired) electrons. The fourth-order valence-electron chi connectivity index (χ4n) is 2.82. The van der Waals surface area contributed by atoms with Crippen LogP contribution in [-0.4, -0.2) is 16.5 Å². The first-order valence-electron chi connectivity index (χ1n) is 7.23. The molecule has 1 fully saturated rings. The number of hydrogen-bond donors (Lipinski definition) is 1. The molecular weight excluding hydrogens is 284 g/mol. The van der Waals surface area contributed by atoms with Crippen molar-refractivity contribution >= 4 is 17.4 Å². The van der Waals surface area contributed by atoms with Gasteiger partial charge in [0, 0.05) is 13.1 Å². The van der Waals surface area contributed by atoms with E-state index in [1.165, 1.54) is 5.56 Å². The quantitative estimate of drug-likeness (QED) is 0.945. The Hall–Kier alpha value is -1.65. The molecule has 1 aromatic heterocycles. The number of aryl methyl sites for hydroxylation is 1. The van der Waals surface area contributed by atoms with Gasteiger partial charge in [-0.15, -0.1) is 0 Å². The minimum absolute atomic E-state index is 0.338. The van der Waals surface area contributed by atoms with E-state index >= 15 is 0 Å². The van der Waals surface area contributed by atoms with Gasteiger partial charge < -0.3 is 10.6 Å². The number of hydrogen-bond acceptors (Lipinski definition) is 4. The summed E-state index contributed by atoms with van der Waals surface area (Å²) < 4.78 is 0. The van der Waals surface area contributed by atoms with Crippen LogP contribution in [0.2, 0.25) is 5.15 Å². The van der Waals surface area contributed by atoms with E-state index in [2.05, 4.69) is 39.1 Å². The average Bonchev–Trinajstić information content (AvgIpc) is 2.99. The molecule has 1 aliphatic heterocycles. The SMILES string of the molecule is Cc1ncc(N2CCC[C@H]2c2ccc(CN)cc2)nc1Cl. The zero-order valence-corrected chi connectivity index (χ0v) is 12.8. The second-order valence-corrected chi connectivity index (χ2v) is 5.76. The maximum Gasteiger partial charge on any atom is 0.152 e. The first kappa shape index (κ1) is 14.3. The first-order valence-corrected chi connectivity index (χ1v) is 7.61. The van der Waals surface area contributed by atoms with E-state index in [-0.39, 0.29) is 0 Å². The largest absolute Gasteiger partial charge is 0.348 e. The number of anilines is 1. The predicted molar refractivity (Wildman–Crippen MR) is 85.4 cm³/mol. The zero-order chi connectivity index (χ0) is 14.8. The summed E-state index contributed by atoms with van der Waals surface area (Å²) in [6.45, 7) is 3.43. The van der Waals surface area contributed by atoms with Crippen LogP contribution in [0.5, 0.6) is 0 Å². The van der Waals surface area contributed by atoms with Gasteiger partial charge in [-0.2, -0.15) is 0 Å². The van der Waals surface area contributed by atoms with Gasteiger partial charge in [-0.05, 0) is 30.9 Å². The fourth-order valence-corrected chi connectivity index (χ4v) is 2.96. The van der Waals surface area contributed by atoms with Crippen molar-refractivity contribution in [1.82, 2.24) is 9.97 Å². The second kappa shape index (κ2) is 6.00. The van der Waals surface area contributed by atoms with Crippen LogP contribution >= 0.6 is 11.6 Å². The molecule has 2 N–H and O–H groups in total. The minimum atomic E-state index is 0.338. The van der Waals surface area contributed by atoms with E-state index in [4.69, 9.17) is 17.3 Å². The van der Waals surface area contributed by atoms with Gasteiger partial charge in [0.2, 0.25) is 0 Å². The van der Waals surface area contributed by atoms with Crippen LogP contribution in [0.1, 0.15) is 35.7 Å². The predicted octanol–water partition coefficient (Wildman–Crippen LogP) is 3.24. The number of halogens is 1. The normalized spacial score (nSPS) is 18.2. The second-order valence-electron chi connectivity index (χ2n) is 5.40. The standard InChI is InChI=1S/C16H19ClN4/c1-11-16(17)20-15(10-19-11)21-8-2-3-14(21)13-6-4-12(9-18)5-7-13/h4-7,10,14H,2-3,8-9,18H2,1H3/t14-/m0/s1. The summed E-state index contributed by atoms with van der Waals surface area (Å²) in [5.41, 5.74) is 8.88. The molecule has 1 saturated heterocycles. The van der Waals surface area contributed by atoms with Crippen molar-refractivity contribution in [3.8, 4) is 0 Å². The molecule has 1 atom stereocenters. The van der Waals surface area contributed by atoms with Crippen LogP contribution in [0, 0.1) is 6.92 Å². The fraction of sp³-hybridized carbons (Fsp3) is 0.375. The Kier molecular flexibility index (Phi) is 4.08. The van der Waals surface area contributed by atoms with Gasteiger partial charge in [-0.25, -0.2) is 4.98 Å². The lowest BCUT2D eigenvalue weighted by atomic mass is 10.0. The molecule has 2 aromatic rings. The van der Waals surface area contributed by atoms with E-state index in [0.29, 0.717) is 17.7 Å². The van der Waals surface area contributed by atoms with E-state index in [0.717, 1.165) is 36.5 Å². The van der Waals surface area contributed by atoms with E-state index < -0.39 is 0 Å². The van der Waals surface area contributed by atoms with Crippen LogP contribution in [0.25, 0.3) is 0 Å². The summed E-state index contributed by atoms with van der Waals surface area (Å²) in [6.07, 6.45) is 4.08. The summed E-state index contributed by atoms with van der Waals surface area (Å²) in [4.78, 5) is 11.1. The molecule has 1 aromatic carbocycles. The molecule has 1 aliphatic rings. The van der Waals surface area contributed by atoms with Crippen molar-refractivity contribution < 1.29 is 0 Å². The molecule has 0 amide bonds. The molecule has 5 heteroatoms. The highest BCUT2D eigenvalue weighted by Crippen LogP contribution is 2.35. The van der Waals surface area contributed by atoms with E-state index in [1.54, 1.807) is 0 Å². The maximum atomic E-state index is 6.11. The van der Waals surface area contributed by atoms with Crippen molar-refractivity contribution in [2.75, 3.05) is 11.4 Å². The molecule has 0 aliphatic carbocycles. The number of benzene rings is 1. The molecule has 2 heterocycles. The Bertz CT molecular complexity index is 627. The van der Waals surface area contributed by atoms with Gasteiger partial charge in [0.25, 0.3) is 0 Å². The molecule has 4 nitrogen and oxygen atoms in total. The lowest BCUT2D eigenvalue weighted by Gasteiger charge is -2.26. The molecule has 21 heavy (non-hydrogen) atoms. The number of aromatic nitrogens is 2. The number of nitrogens with two attached hydrogens (primary N) is 1. The van der Waals surface area contributed by atoms with Crippen LogP contribution in [0.3, 0.4) is 0 Å². The van der Waals surface area contributed by atoms with Gasteiger partial charge in [0.1, 0.15) is 5.82 Å². The van der Waals surface area contributed by atoms with Gasteiger partial charge in [-0.3, -0.25) is 4.98 Å². The summed E-state index contributed by atoms with van der Waals surface area (Å²) in [6, 6.07) is 8.85. The van der Waals surface area contributed by atoms with Gasteiger partial charge in [0.05, 0.1) is 17.9 Å². The maximum absolute atomic E-state index is 6.11. The third kappa shape index (κ3) is 2.87. The van der Waals surface area contributed by atoms with E-state index in [1.807, 2.05) is 13.1 Å². The Balaban J connectivity index is 1.88. The topological polar surface area (TPSA) is 55.0 Å². The van der Waals surface area contributed by atoms with Gasteiger partial charge >= 0.3 is 0 Å². The van der Waals surface area contributed by atoms with Crippen molar-refractivity contribution in [3.63, 3.8) is 0 Å². The van der Waals surface area contributed by atoms with E-state index in [9.17, 15) is 0 Å². The highest BCUT2D eigenvalue weighted by atomic mass is 35.5. The third-order valence-electron chi connectivity index (χ3n) is 4.03. The molecule has 0 spiro atoms.